The van der Waals surface area contributed by atoms with Gasteiger partial charge in [0.2, 0.25) is 18.0 Å². The van der Waals surface area contributed by atoms with Crippen LogP contribution in [0, 0.1) is 0 Å². The van der Waals surface area contributed by atoms with Crippen molar-refractivity contribution >= 4 is 5.78 Å². The van der Waals surface area contributed by atoms with Crippen molar-refractivity contribution in [3.63, 3.8) is 0 Å². The van der Waals surface area contributed by atoms with Crippen LogP contribution in [0.5, 0.6) is 0 Å². The molecule has 1 aromatic carbocycles. The van der Waals surface area contributed by atoms with Gasteiger partial charge >= 0.3 is 0 Å². The number of aromatic nitrogens is 2. The van der Waals surface area contributed by atoms with Crippen LogP contribution in [-0.2, 0) is 0 Å². The van der Waals surface area contributed by atoms with Crippen LogP contribution in [0.1, 0.15) is 41.9 Å². The van der Waals surface area contributed by atoms with Gasteiger partial charge in [-0.05, 0) is 12.8 Å². The second-order valence-electron chi connectivity index (χ2n) is 4.49. The zero-order chi connectivity index (χ0) is 13.5. The van der Waals surface area contributed by atoms with E-state index in [9.17, 15) is 4.79 Å². The monoisotopic (exact) mass is 259 g/mol. The fourth-order valence-corrected chi connectivity index (χ4v) is 1.95. The average molecular weight is 259 g/mol. The molecular formula is C14H17N3O2. The van der Waals surface area contributed by atoms with Gasteiger partial charge in [0, 0.05) is 11.6 Å². The van der Waals surface area contributed by atoms with Gasteiger partial charge in [-0.15, -0.1) is 0 Å². The van der Waals surface area contributed by atoms with Crippen LogP contribution in [0.4, 0.5) is 0 Å². The second-order valence-corrected chi connectivity index (χ2v) is 4.49. The first-order valence-electron chi connectivity index (χ1n) is 6.39. The van der Waals surface area contributed by atoms with Crippen LogP contribution in [0.25, 0.3) is 0 Å². The maximum Gasteiger partial charge on any atom is 0.243 e. The van der Waals surface area contributed by atoms with Gasteiger partial charge in [0.15, 0.2) is 0 Å². The standard InChI is InChI=1S/C9H6N2O2.C5H11N/c12-8(9-10-6-13-11-9)7-4-2-1-3-5-7;6-5-3-1-2-4-5/h1-6H;5H,1-4,6H2. The molecule has 0 amide bonds. The molecule has 1 aliphatic carbocycles. The van der Waals surface area contributed by atoms with Crippen LogP contribution >= 0.6 is 0 Å². The number of carbonyl (C=O) groups excluding carboxylic acids is 1. The molecule has 0 spiro atoms. The van der Waals surface area contributed by atoms with Gasteiger partial charge in [0.25, 0.3) is 0 Å². The highest BCUT2D eigenvalue weighted by Gasteiger charge is 2.12. The third-order valence-electron chi connectivity index (χ3n) is 3.00. The number of hydrogen-bond acceptors (Lipinski definition) is 5. The Hall–Kier alpha value is -2.01. The van der Waals surface area contributed by atoms with E-state index in [1.165, 1.54) is 25.7 Å². The molecule has 1 heterocycles. The number of benzene rings is 1. The van der Waals surface area contributed by atoms with E-state index in [0.717, 1.165) is 6.39 Å². The summed E-state index contributed by atoms with van der Waals surface area (Å²) in [5, 5.41) is 3.46. The van der Waals surface area contributed by atoms with Crippen molar-refractivity contribution in [2.45, 2.75) is 31.7 Å². The number of rotatable bonds is 2. The highest BCUT2D eigenvalue weighted by atomic mass is 16.5. The summed E-state index contributed by atoms with van der Waals surface area (Å²) in [6.45, 7) is 0. The van der Waals surface area contributed by atoms with E-state index in [2.05, 4.69) is 14.7 Å². The number of nitrogens with two attached hydrogens (primary N) is 1. The molecule has 1 aliphatic rings. The lowest BCUT2D eigenvalue weighted by Gasteiger charge is -1.92. The molecule has 0 atom stereocenters. The normalized spacial score (nSPS) is 14.8. The van der Waals surface area contributed by atoms with Crippen molar-refractivity contribution in [2.75, 3.05) is 0 Å². The van der Waals surface area contributed by atoms with Gasteiger partial charge in [-0.2, -0.15) is 4.98 Å². The van der Waals surface area contributed by atoms with Crippen LogP contribution in [0.2, 0.25) is 0 Å². The predicted octanol–water partition coefficient (Wildman–Crippen LogP) is 2.19. The molecule has 100 valence electrons. The largest absolute Gasteiger partial charge is 0.342 e. The fourth-order valence-electron chi connectivity index (χ4n) is 1.95. The zero-order valence-corrected chi connectivity index (χ0v) is 10.7. The SMILES string of the molecule is NC1CCCC1.O=C(c1ccccc1)c1ncon1. The molecule has 1 saturated carbocycles. The quantitative estimate of drug-likeness (QED) is 0.836. The molecular weight excluding hydrogens is 242 g/mol. The Labute approximate surface area is 111 Å². The molecule has 5 heteroatoms. The summed E-state index contributed by atoms with van der Waals surface area (Å²) in [5.74, 6) is -0.138. The van der Waals surface area contributed by atoms with Crippen molar-refractivity contribution in [2.24, 2.45) is 5.73 Å². The Morgan fingerprint density at radius 3 is 2.37 bits per heavy atom. The number of nitrogens with zero attached hydrogens (tertiary/aromatic N) is 2. The fraction of sp³-hybridized carbons (Fsp3) is 0.357. The van der Waals surface area contributed by atoms with E-state index in [4.69, 9.17) is 5.73 Å². The Bertz CT molecular complexity index is 491. The molecule has 2 aromatic rings. The van der Waals surface area contributed by atoms with Crippen molar-refractivity contribution in [1.82, 2.24) is 10.1 Å². The minimum absolute atomic E-state index is 0.0891. The van der Waals surface area contributed by atoms with Gasteiger partial charge in [0.1, 0.15) is 0 Å². The Kier molecular flexibility index (Phi) is 4.80. The van der Waals surface area contributed by atoms with E-state index >= 15 is 0 Å². The Morgan fingerprint density at radius 1 is 1.21 bits per heavy atom. The molecule has 0 unspecified atom stereocenters. The van der Waals surface area contributed by atoms with Gasteiger partial charge in [0.05, 0.1) is 0 Å². The Balaban J connectivity index is 0.000000186. The van der Waals surface area contributed by atoms with Crippen LogP contribution in [-0.4, -0.2) is 22.0 Å². The summed E-state index contributed by atoms with van der Waals surface area (Å²) in [5.41, 5.74) is 6.09. The third kappa shape index (κ3) is 3.99. The number of hydrogen-bond donors (Lipinski definition) is 1. The molecule has 19 heavy (non-hydrogen) atoms. The third-order valence-corrected chi connectivity index (χ3v) is 3.00. The smallest absolute Gasteiger partial charge is 0.243 e. The highest BCUT2D eigenvalue weighted by Crippen LogP contribution is 2.14. The van der Waals surface area contributed by atoms with Gasteiger partial charge in [-0.3, -0.25) is 4.79 Å². The molecule has 0 aliphatic heterocycles. The summed E-state index contributed by atoms with van der Waals surface area (Å²) in [6, 6.07) is 9.37. The first-order valence-corrected chi connectivity index (χ1v) is 6.39. The first kappa shape index (κ1) is 13.4. The summed E-state index contributed by atoms with van der Waals surface area (Å²) in [4.78, 5) is 15.2. The van der Waals surface area contributed by atoms with Crippen molar-refractivity contribution in [1.29, 1.82) is 0 Å². The highest BCUT2D eigenvalue weighted by molar-refractivity contribution is 6.06. The summed E-state index contributed by atoms with van der Waals surface area (Å²) in [7, 11) is 0. The van der Waals surface area contributed by atoms with E-state index in [0.29, 0.717) is 11.6 Å². The molecule has 1 aromatic heterocycles. The summed E-state index contributed by atoms with van der Waals surface area (Å²) in [6.07, 6.45) is 6.39. The van der Waals surface area contributed by atoms with E-state index in [1.807, 2.05) is 6.07 Å². The summed E-state index contributed by atoms with van der Waals surface area (Å²) < 4.78 is 4.48. The molecule has 0 saturated heterocycles. The molecule has 0 radical (unpaired) electrons. The van der Waals surface area contributed by atoms with Gasteiger partial charge in [-0.25, -0.2) is 0 Å². The van der Waals surface area contributed by atoms with Crippen LogP contribution in [0.15, 0.2) is 41.2 Å². The lowest BCUT2D eigenvalue weighted by atomic mass is 10.1. The topological polar surface area (TPSA) is 82.0 Å². The summed E-state index contributed by atoms with van der Waals surface area (Å²) >= 11 is 0. The molecule has 1 fully saturated rings. The maximum atomic E-state index is 11.5. The van der Waals surface area contributed by atoms with E-state index in [1.54, 1.807) is 24.3 Å². The zero-order valence-electron chi connectivity index (χ0n) is 10.7. The van der Waals surface area contributed by atoms with Crippen molar-refractivity contribution < 1.29 is 9.32 Å². The lowest BCUT2D eigenvalue weighted by Crippen LogP contribution is -2.13. The molecule has 3 rings (SSSR count). The van der Waals surface area contributed by atoms with E-state index < -0.39 is 0 Å². The maximum absolute atomic E-state index is 11.5. The Morgan fingerprint density at radius 2 is 1.89 bits per heavy atom. The van der Waals surface area contributed by atoms with E-state index in [-0.39, 0.29) is 11.6 Å². The van der Waals surface area contributed by atoms with Crippen LogP contribution < -0.4 is 5.73 Å². The average Bonchev–Trinajstić information content (AvgIpc) is 3.12. The predicted molar refractivity (Wildman–Crippen MR) is 70.6 cm³/mol. The minimum atomic E-state index is -0.227. The van der Waals surface area contributed by atoms with Crippen molar-refractivity contribution in [3.05, 3.63) is 48.1 Å². The number of ketones is 1. The number of carbonyl (C=O) groups is 1. The van der Waals surface area contributed by atoms with Gasteiger partial charge in [-0.1, -0.05) is 48.3 Å². The molecule has 0 bridgehead atoms. The molecule has 5 nitrogen and oxygen atoms in total. The minimum Gasteiger partial charge on any atom is -0.342 e. The lowest BCUT2D eigenvalue weighted by molar-refractivity contribution is 0.102. The van der Waals surface area contributed by atoms with Crippen molar-refractivity contribution in [3.8, 4) is 0 Å². The van der Waals surface area contributed by atoms with Crippen LogP contribution in [0.3, 0.4) is 0 Å². The second kappa shape index (κ2) is 6.80. The molecule has 2 N–H and O–H groups in total. The first-order chi connectivity index (χ1) is 9.27. The van der Waals surface area contributed by atoms with Gasteiger partial charge < -0.3 is 10.3 Å².